The van der Waals surface area contributed by atoms with Crippen molar-refractivity contribution in [1.82, 2.24) is 34.4 Å². The number of amides is 1. The van der Waals surface area contributed by atoms with Crippen LogP contribution in [0.3, 0.4) is 0 Å². The minimum absolute atomic E-state index is 0.0602. The Labute approximate surface area is 142 Å². The normalized spacial score (nSPS) is 14.2. The van der Waals surface area contributed by atoms with Gasteiger partial charge in [-0.1, -0.05) is 30.3 Å². The van der Waals surface area contributed by atoms with E-state index in [1.807, 2.05) is 35.0 Å². The molecule has 1 amide bonds. The van der Waals surface area contributed by atoms with E-state index in [0.29, 0.717) is 31.9 Å². The van der Waals surface area contributed by atoms with Crippen molar-refractivity contribution >= 4 is 5.91 Å². The first-order chi connectivity index (χ1) is 12.1. The molecule has 0 fully saturated rings. The molecule has 0 aliphatic carbocycles. The van der Waals surface area contributed by atoms with E-state index in [1.54, 1.807) is 4.90 Å². The summed E-state index contributed by atoms with van der Waals surface area (Å²) < 4.78 is 2.96. The smallest absolute Gasteiger partial charge is 0.334 e. The first-order valence-corrected chi connectivity index (χ1v) is 8.03. The van der Waals surface area contributed by atoms with Crippen LogP contribution in [0, 0.1) is 0 Å². The van der Waals surface area contributed by atoms with E-state index in [2.05, 4.69) is 20.2 Å². The third kappa shape index (κ3) is 2.84. The maximum absolute atomic E-state index is 12.5. The number of aryl methyl sites for hydroxylation is 1. The van der Waals surface area contributed by atoms with Crippen LogP contribution in [0.2, 0.25) is 0 Å². The van der Waals surface area contributed by atoms with E-state index in [0.717, 1.165) is 16.1 Å². The van der Waals surface area contributed by atoms with Crippen molar-refractivity contribution in [2.75, 3.05) is 13.1 Å². The van der Waals surface area contributed by atoms with Crippen molar-refractivity contribution in [3.8, 4) is 11.4 Å². The molecular weight excluding hydrogens is 322 g/mol. The summed E-state index contributed by atoms with van der Waals surface area (Å²) in [6, 6.07) is 9.81. The van der Waals surface area contributed by atoms with E-state index in [-0.39, 0.29) is 11.7 Å². The van der Waals surface area contributed by atoms with Crippen molar-refractivity contribution in [2.45, 2.75) is 13.0 Å². The number of carbonyl (C=O) groups is 1. The molecule has 25 heavy (non-hydrogen) atoms. The van der Waals surface area contributed by atoms with Gasteiger partial charge in [0.05, 0.1) is 6.54 Å². The van der Waals surface area contributed by atoms with Gasteiger partial charge in [-0.05, 0) is 0 Å². The molecule has 2 aromatic heterocycles. The number of aromatic amines is 1. The van der Waals surface area contributed by atoms with Crippen LogP contribution < -0.4 is 5.69 Å². The third-order valence-corrected chi connectivity index (χ3v) is 4.23. The minimum Gasteiger partial charge on any atom is -0.334 e. The van der Waals surface area contributed by atoms with E-state index in [1.165, 1.54) is 7.05 Å². The molecule has 1 aromatic carbocycles. The molecule has 128 valence electrons. The zero-order valence-electron chi connectivity index (χ0n) is 13.7. The lowest BCUT2D eigenvalue weighted by atomic mass is 10.2. The summed E-state index contributed by atoms with van der Waals surface area (Å²) >= 11 is 0. The van der Waals surface area contributed by atoms with Crippen LogP contribution >= 0.6 is 0 Å². The summed E-state index contributed by atoms with van der Waals surface area (Å²) in [6.45, 7) is 1.55. The zero-order chi connectivity index (χ0) is 17.4. The molecule has 9 nitrogen and oxygen atoms in total. The molecule has 0 spiro atoms. The largest absolute Gasteiger partial charge is 0.343 e. The van der Waals surface area contributed by atoms with Crippen molar-refractivity contribution in [3.05, 3.63) is 52.5 Å². The first kappa shape index (κ1) is 15.3. The Balaban J connectivity index is 1.52. The SMILES string of the molecule is Cn1nc(C(=O)N2CCc3nc(-c4ccccc4)nn3CC2)[nH]c1=O. The van der Waals surface area contributed by atoms with Gasteiger partial charge >= 0.3 is 5.69 Å². The number of rotatable bonds is 2. The standard InChI is InChI=1S/C16H17N7O2/c1-21-16(25)18-14(19-21)15(24)22-8-7-12-17-13(20-23(12)10-9-22)11-5-3-2-4-6-11/h2-6H,7-10H2,1H3,(H,18,19,25). The summed E-state index contributed by atoms with van der Waals surface area (Å²) in [5.41, 5.74) is 0.572. The minimum atomic E-state index is -0.403. The van der Waals surface area contributed by atoms with Gasteiger partial charge in [0.15, 0.2) is 5.82 Å². The number of hydrogen-bond donors (Lipinski definition) is 1. The van der Waals surface area contributed by atoms with Crippen LogP contribution in [0.4, 0.5) is 0 Å². The Kier molecular flexibility index (Phi) is 3.68. The molecular formula is C16H17N7O2. The van der Waals surface area contributed by atoms with Gasteiger partial charge in [-0.15, -0.1) is 5.10 Å². The number of nitrogens with zero attached hydrogens (tertiary/aromatic N) is 6. The van der Waals surface area contributed by atoms with Crippen molar-refractivity contribution in [2.24, 2.45) is 7.05 Å². The highest BCUT2D eigenvalue weighted by Crippen LogP contribution is 2.17. The molecule has 1 aliphatic rings. The fraction of sp³-hybridized carbons (Fsp3) is 0.312. The van der Waals surface area contributed by atoms with Gasteiger partial charge in [-0.25, -0.2) is 19.1 Å². The lowest BCUT2D eigenvalue weighted by Crippen LogP contribution is -2.34. The highest BCUT2D eigenvalue weighted by Gasteiger charge is 2.24. The van der Waals surface area contributed by atoms with E-state index in [9.17, 15) is 9.59 Å². The Bertz CT molecular complexity index is 945. The van der Waals surface area contributed by atoms with E-state index in [4.69, 9.17) is 0 Å². The maximum Gasteiger partial charge on any atom is 0.343 e. The molecule has 0 bridgehead atoms. The molecule has 0 radical (unpaired) electrons. The lowest BCUT2D eigenvalue weighted by Gasteiger charge is -2.17. The van der Waals surface area contributed by atoms with Crippen LogP contribution in [0.15, 0.2) is 35.1 Å². The van der Waals surface area contributed by atoms with Crippen LogP contribution in [0.5, 0.6) is 0 Å². The maximum atomic E-state index is 12.5. The summed E-state index contributed by atoms with van der Waals surface area (Å²) in [6.07, 6.45) is 0.600. The van der Waals surface area contributed by atoms with Gasteiger partial charge in [0.2, 0.25) is 5.82 Å². The van der Waals surface area contributed by atoms with Crippen LogP contribution in [-0.2, 0) is 20.0 Å². The fourth-order valence-corrected chi connectivity index (χ4v) is 2.86. The summed E-state index contributed by atoms with van der Waals surface area (Å²) in [7, 11) is 1.50. The van der Waals surface area contributed by atoms with Crippen LogP contribution in [0.25, 0.3) is 11.4 Å². The third-order valence-electron chi connectivity index (χ3n) is 4.23. The molecule has 0 saturated carbocycles. The number of fused-ring (bicyclic) bond motifs is 1. The number of aromatic nitrogens is 6. The Morgan fingerprint density at radius 3 is 2.64 bits per heavy atom. The second-order valence-corrected chi connectivity index (χ2v) is 5.89. The average molecular weight is 339 g/mol. The first-order valence-electron chi connectivity index (χ1n) is 8.03. The molecule has 3 aromatic rings. The van der Waals surface area contributed by atoms with Gasteiger partial charge in [0.1, 0.15) is 5.82 Å². The number of H-pyrrole nitrogens is 1. The lowest BCUT2D eigenvalue weighted by molar-refractivity contribution is 0.0745. The number of nitrogens with one attached hydrogen (secondary N) is 1. The van der Waals surface area contributed by atoms with Crippen LogP contribution in [-0.4, -0.2) is 53.4 Å². The van der Waals surface area contributed by atoms with Gasteiger partial charge in [0, 0.05) is 32.1 Å². The van der Waals surface area contributed by atoms with Gasteiger partial charge < -0.3 is 4.90 Å². The van der Waals surface area contributed by atoms with Gasteiger partial charge in [0.25, 0.3) is 5.91 Å². The monoisotopic (exact) mass is 339 g/mol. The predicted molar refractivity (Wildman–Crippen MR) is 88.9 cm³/mol. The highest BCUT2D eigenvalue weighted by molar-refractivity contribution is 5.90. The van der Waals surface area contributed by atoms with Gasteiger partial charge in [-0.3, -0.25) is 9.78 Å². The Hall–Kier alpha value is -3.23. The number of hydrogen-bond acceptors (Lipinski definition) is 5. The Morgan fingerprint density at radius 2 is 1.92 bits per heavy atom. The summed E-state index contributed by atoms with van der Waals surface area (Å²) in [5.74, 6) is 1.32. The molecule has 3 heterocycles. The van der Waals surface area contributed by atoms with E-state index < -0.39 is 5.69 Å². The molecule has 4 rings (SSSR count). The van der Waals surface area contributed by atoms with Gasteiger partial charge in [-0.2, -0.15) is 5.10 Å². The second-order valence-electron chi connectivity index (χ2n) is 5.89. The molecule has 0 atom stereocenters. The Morgan fingerprint density at radius 1 is 1.12 bits per heavy atom. The summed E-state index contributed by atoms with van der Waals surface area (Å²) in [5, 5.41) is 8.48. The predicted octanol–water partition coefficient (Wildman–Crippen LogP) is 0.0654. The quantitative estimate of drug-likeness (QED) is 0.712. The zero-order valence-corrected chi connectivity index (χ0v) is 13.7. The van der Waals surface area contributed by atoms with Crippen molar-refractivity contribution in [3.63, 3.8) is 0 Å². The van der Waals surface area contributed by atoms with Crippen molar-refractivity contribution < 1.29 is 4.79 Å². The highest BCUT2D eigenvalue weighted by atomic mass is 16.2. The summed E-state index contributed by atoms with van der Waals surface area (Å²) in [4.78, 5) is 32.7. The average Bonchev–Trinajstić information content (AvgIpc) is 3.13. The molecule has 1 aliphatic heterocycles. The number of benzene rings is 1. The topological polar surface area (TPSA) is 102 Å². The van der Waals surface area contributed by atoms with Crippen LogP contribution in [0.1, 0.15) is 16.4 Å². The molecule has 0 unspecified atom stereocenters. The molecule has 1 N–H and O–H groups in total. The molecule has 0 saturated heterocycles. The molecule has 9 heteroatoms. The second kappa shape index (κ2) is 6.00. The van der Waals surface area contributed by atoms with E-state index >= 15 is 0 Å². The fourth-order valence-electron chi connectivity index (χ4n) is 2.86. The van der Waals surface area contributed by atoms with Crippen molar-refractivity contribution in [1.29, 1.82) is 0 Å². The number of carbonyl (C=O) groups excluding carboxylic acids is 1.